The number of carboxylic acids is 1. The van der Waals surface area contributed by atoms with Crippen LogP contribution in [0.25, 0.3) is 36.8 Å². The first-order valence-corrected chi connectivity index (χ1v) is 28.4. The topological polar surface area (TPSA) is 521 Å². The standard InChI is InChI=1S/3C20H18N8O2.C2H4O2.2Co.4H2O/c2*1-5-6-11-27-19(29)16(22-4)13(2)17(20(27)30)25-26-18-14(21-3)12-24-28(18)15-9-7-8-10-23-15;1-3-4-9-27-19(29)15(11-22)13(2)17(20(27)30)25-26-18-14(10-21)12-24-28(18)16-7-5-6-8-23-16;1-2(3)4;;;;;;/h7-10,12,30H,5-6,11H2,1-2H3;7-10,12,29H,5-6,11H2,1-2H3;5-8,12,30H,3-4,9H2,1-2H3;1H3,(H,3,4);;;4*1H2. The molecule has 38 heteroatoms. The molecule has 0 aliphatic heterocycles. The molecule has 12 N–H and O–H groups in total. The van der Waals surface area contributed by atoms with Gasteiger partial charge in [0.2, 0.25) is 17.4 Å². The van der Waals surface area contributed by atoms with Crippen molar-refractivity contribution in [3.05, 3.63) is 196 Å². The van der Waals surface area contributed by atoms with Crippen LogP contribution in [0.3, 0.4) is 0 Å². The van der Waals surface area contributed by atoms with Crippen molar-refractivity contribution < 1.29 is 80.7 Å². The van der Waals surface area contributed by atoms with Gasteiger partial charge in [0.15, 0.2) is 46.5 Å². The van der Waals surface area contributed by atoms with E-state index in [0.717, 1.165) is 39.9 Å². The zero-order chi connectivity index (χ0) is 68.6. The Morgan fingerprint density at radius 3 is 1.23 bits per heavy atom. The van der Waals surface area contributed by atoms with Crippen LogP contribution in [0.1, 0.15) is 94.0 Å². The Balaban J connectivity index is 0.00000139. The maximum absolute atomic E-state index is 12.9. The molecule has 9 rings (SSSR count). The molecule has 0 spiro atoms. The number of nitrogens with zero attached hydrogens (tertiary/aromatic N) is 24. The number of unbranched alkanes of at least 4 members (excludes halogenated alkanes) is 3. The first-order chi connectivity index (χ1) is 45.3. The molecule has 9 heterocycles. The Labute approximate surface area is 590 Å². The molecule has 0 unspecified atom stereocenters. The number of azo groups is 3. The third-order valence-electron chi connectivity index (χ3n) is 13.3. The smallest absolute Gasteiger partial charge is 0.300 e. The first-order valence-electron chi connectivity index (χ1n) is 28.4. The average molecular weight is 1460 g/mol. The molecular weight excluding hydrogens is 1390 g/mol. The molecule has 0 aliphatic carbocycles. The number of pyridine rings is 6. The van der Waals surface area contributed by atoms with Crippen LogP contribution in [-0.2, 0) is 58.0 Å². The summed E-state index contributed by atoms with van der Waals surface area (Å²) in [6.07, 6.45) is 13.1. The van der Waals surface area contributed by atoms with Gasteiger partial charge in [0.25, 0.3) is 39.7 Å². The molecule has 2 radical (unpaired) electrons. The van der Waals surface area contributed by atoms with E-state index in [2.05, 4.69) is 80.3 Å². The van der Waals surface area contributed by atoms with Crippen LogP contribution < -0.4 is 16.7 Å². The normalized spacial score (nSPS) is 9.97. The molecule has 0 fully saturated rings. The predicted molar refractivity (Wildman–Crippen MR) is 355 cm³/mol. The van der Waals surface area contributed by atoms with E-state index < -0.39 is 22.6 Å². The van der Waals surface area contributed by atoms with Crippen molar-refractivity contribution in [3.63, 3.8) is 0 Å². The molecule has 0 aliphatic rings. The van der Waals surface area contributed by atoms with Crippen LogP contribution in [0.15, 0.2) is 137 Å². The first kappa shape index (κ1) is 87.4. The number of aliphatic carboxylic acids is 1. The largest absolute Gasteiger partial charge is 0.503 e. The van der Waals surface area contributed by atoms with Crippen molar-refractivity contribution in [3.8, 4) is 47.2 Å². The molecule has 0 bridgehead atoms. The summed E-state index contributed by atoms with van der Waals surface area (Å²) in [5.74, 6) is -0.299. The summed E-state index contributed by atoms with van der Waals surface area (Å²) in [5.41, 5.74) is -0.979. The number of nitriles is 2. The fourth-order valence-corrected chi connectivity index (χ4v) is 8.48. The van der Waals surface area contributed by atoms with Gasteiger partial charge in [-0.15, -0.1) is 30.7 Å². The van der Waals surface area contributed by atoms with Gasteiger partial charge in [0, 0.05) is 84.3 Å². The van der Waals surface area contributed by atoms with Crippen molar-refractivity contribution in [2.45, 2.75) is 107 Å². The second-order valence-electron chi connectivity index (χ2n) is 19.6. The van der Waals surface area contributed by atoms with E-state index in [1.54, 1.807) is 73.2 Å². The second kappa shape index (κ2) is 42.1. The summed E-state index contributed by atoms with van der Waals surface area (Å²) >= 11 is 0. The Morgan fingerprint density at radius 2 is 0.860 bits per heavy atom. The van der Waals surface area contributed by atoms with Gasteiger partial charge in [0.05, 0.1) is 44.9 Å². The number of hydrogen-bond donors (Lipinski definition) is 4. The minimum Gasteiger partial charge on any atom is -0.503 e. The van der Waals surface area contributed by atoms with E-state index in [4.69, 9.17) is 36.2 Å². The van der Waals surface area contributed by atoms with Gasteiger partial charge in [-0.1, -0.05) is 58.2 Å². The van der Waals surface area contributed by atoms with E-state index in [-0.39, 0.29) is 178 Å². The van der Waals surface area contributed by atoms with Crippen LogP contribution in [0.4, 0.5) is 57.3 Å². The fraction of sp³-hybridized carbons (Fsp3) is 0.258. The Kier molecular flexibility index (Phi) is 36.8. The molecule has 0 amide bonds. The van der Waals surface area contributed by atoms with Gasteiger partial charge in [0.1, 0.15) is 34.6 Å². The monoisotopic (exact) mass is 1460 g/mol. The van der Waals surface area contributed by atoms with Crippen LogP contribution in [0.5, 0.6) is 17.6 Å². The van der Waals surface area contributed by atoms with Crippen molar-refractivity contribution in [1.29, 1.82) is 10.5 Å². The van der Waals surface area contributed by atoms with Crippen molar-refractivity contribution in [2.75, 3.05) is 0 Å². The molecule has 100 heavy (non-hydrogen) atoms. The summed E-state index contributed by atoms with van der Waals surface area (Å²) < 4.78 is 7.41. The Morgan fingerprint density at radius 1 is 0.500 bits per heavy atom. The van der Waals surface area contributed by atoms with Crippen LogP contribution in [0.2, 0.25) is 0 Å². The summed E-state index contributed by atoms with van der Waals surface area (Å²) in [5, 5.41) is 94.8. The van der Waals surface area contributed by atoms with Gasteiger partial charge in [-0.05, 0) is 87.6 Å². The average Bonchev–Trinajstić information content (AvgIpc) is 1.00. The zero-order valence-electron chi connectivity index (χ0n) is 54.3. The third-order valence-corrected chi connectivity index (χ3v) is 13.3. The molecule has 9 aromatic rings. The number of carboxylic acid groups (broad SMARTS) is 1. The number of aromatic nitrogens is 12. The minimum absolute atomic E-state index is 0. The third kappa shape index (κ3) is 20.2. The maximum atomic E-state index is 12.9. The number of carbonyl (C=O) groups is 1. The van der Waals surface area contributed by atoms with Crippen LogP contribution >= 0.6 is 0 Å². The van der Waals surface area contributed by atoms with E-state index in [0.29, 0.717) is 36.7 Å². The quantitative estimate of drug-likeness (QED) is 0.0458. The van der Waals surface area contributed by atoms with Crippen molar-refractivity contribution in [2.24, 2.45) is 30.7 Å². The van der Waals surface area contributed by atoms with Gasteiger partial charge < -0.3 is 42.3 Å². The fourth-order valence-electron chi connectivity index (χ4n) is 8.48. The summed E-state index contributed by atoms with van der Waals surface area (Å²) in [6.45, 7) is 41.7. The molecule has 9 aromatic heterocycles. The zero-order valence-corrected chi connectivity index (χ0v) is 56.4. The molecule has 0 atom stereocenters. The van der Waals surface area contributed by atoms with Crippen molar-refractivity contribution in [1.82, 2.24) is 58.0 Å². The van der Waals surface area contributed by atoms with Crippen LogP contribution in [-0.4, -0.2) is 106 Å². The van der Waals surface area contributed by atoms with E-state index >= 15 is 0 Å². The summed E-state index contributed by atoms with van der Waals surface area (Å²) in [6, 6.07) is 19.5. The molecule has 0 saturated heterocycles. The Bertz CT molecular complexity index is 4610. The van der Waals surface area contributed by atoms with Gasteiger partial charge in [-0.25, -0.2) is 43.7 Å². The van der Waals surface area contributed by atoms with E-state index in [1.165, 1.54) is 53.4 Å². The second-order valence-corrected chi connectivity index (χ2v) is 19.6. The summed E-state index contributed by atoms with van der Waals surface area (Å²) in [4.78, 5) is 73.0. The number of aromatic hydroxyl groups is 3. The molecular formula is C62H66Co2N24O12. The van der Waals surface area contributed by atoms with Gasteiger partial charge >= 0.3 is 0 Å². The maximum Gasteiger partial charge on any atom is 0.300 e. The van der Waals surface area contributed by atoms with E-state index in [1.807, 2.05) is 32.9 Å². The molecule has 524 valence electrons. The molecule has 36 nitrogen and oxygen atoms in total. The van der Waals surface area contributed by atoms with Gasteiger partial charge in [-0.3, -0.25) is 32.9 Å². The number of hydrogen-bond acceptors (Lipinski definition) is 21. The van der Waals surface area contributed by atoms with Gasteiger partial charge in [-0.2, -0.15) is 30.5 Å². The number of rotatable bonds is 18. The van der Waals surface area contributed by atoms with Crippen molar-refractivity contribution >= 4 is 63.2 Å². The van der Waals surface area contributed by atoms with Crippen LogP contribution in [0, 0.1) is 69.7 Å². The SMILES string of the molecule is CC(=O)O.CCCCn1c(O)c(N=Nc2c(C#N)cnn2-c2ccccn2)c(C)c(C#N)c1=O.O.O.O.O.[C-]#[N+]c1cnn(-c2ccccn2)c1N=Nc1c(C)c([N+]#[C-])c(=O)n(CCCC)c1O.[C-]#[N+]c1cnn(-c2ccccn2)c1N=Nc1c(C)c([N+]#[C-])c(O)n(CCCC)c1=O.[Co].[Co]. The molecule has 0 aromatic carbocycles. The Hall–Kier alpha value is -12.6. The summed E-state index contributed by atoms with van der Waals surface area (Å²) in [7, 11) is 0. The minimum atomic E-state index is -0.833. The molecule has 0 saturated carbocycles. The van der Waals surface area contributed by atoms with E-state index in [9.17, 15) is 40.2 Å². The predicted octanol–water partition coefficient (Wildman–Crippen LogP) is 9.71.